The minimum atomic E-state index is 0.720. The van der Waals surface area contributed by atoms with Gasteiger partial charge < -0.3 is 0 Å². The fourth-order valence-electron chi connectivity index (χ4n) is 4.27. The molecule has 0 amide bonds. The third kappa shape index (κ3) is 1.74. The fourth-order valence-corrected chi connectivity index (χ4v) is 4.27. The maximum atomic E-state index is 2.50. The molecule has 0 radical (unpaired) electrons. The lowest BCUT2D eigenvalue weighted by Gasteiger charge is -2.26. The van der Waals surface area contributed by atoms with Crippen molar-refractivity contribution < 1.29 is 0 Å². The zero-order valence-electron chi connectivity index (χ0n) is 11.3. The van der Waals surface area contributed by atoms with Crippen molar-refractivity contribution in [3.63, 3.8) is 0 Å². The van der Waals surface area contributed by atoms with Gasteiger partial charge in [0.15, 0.2) is 0 Å². The van der Waals surface area contributed by atoms with E-state index in [1.54, 1.807) is 16.7 Å². The first kappa shape index (κ1) is 11.3. The summed E-state index contributed by atoms with van der Waals surface area (Å²) >= 11 is 0. The monoisotopic (exact) mass is 248 g/mol. The second kappa shape index (κ2) is 4.52. The van der Waals surface area contributed by atoms with Crippen molar-refractivity contribution in [2.75, 3.05) is 0 Å². The molecule has 0 heterocycles. The summed E-state index contributed by atoms with van der Waals surface area (Å²) in [6.07, 6.45) is 25.9. The van der Waals surface area contributed by atoms with Crippen molar-refractivity contribution in [2.45, 2.75) is 25.7 Å². The van der Waals surface area contributed by atoms with Crippen LogP contribution in [0, 0.1) is 17.8 Å². The first-order chi connectivity index (χ1) is 9.45. The predicted octanol–water partition coefficient (Wildman–Crippen LogP) is 4.90. The lowest BCUT2D eigenvalue weighted by molar-refractivity contribution is 0.366. The Kier molecular flexibility index (Phi) is 2.69. The topological polar surface area (TPSA) is 0 Å². The predicted molar refractivity (Wildman–Crippen MR) is 80.6 cm³/mol. The Labute approximate surface area is 115 Å². The molecule has 96 valence electrons. The van der Waals surface area contributed by atoms with Gasteiger partial charge in [0, 0.05) is 0 Å². The van der Waals surface area contributed by atoms with Gasteiger partial charge in [-0.05, 0) is 60.2 Å². The van der Waals surface area contributed by atoms with Gasteiger partial charge in [-0.1, -0.05) is 54.7 Å². The molecule has 4 aliphatic carbocycles. The van der Waals surface area contributed by atoms with Gasteiger partial charge in [0.05, 0.1) is 0 Å². The highest BCUT2D eigenvalue weighted by atomic mass is 14.4. The molecule has 3 atom stereocenters. The standard InChI is InChI=1S/C19H20/c1-2-8-14-9-4-5-13-18-16-11-7-6-10-15(16)17(12-3-1)19(14)18/h1-5,7-8,11-12,15-16,18H,6,9-10,13H2/b2-1-,3-1?,8-2?,12-3-,14-8-,17-12?. The SMILES string of the molecule is C1=CC2C(CC1)C1=C3C(=C/C=C\C=C/1)\CC=CCC32. The van der Waals surface area contributed by atoms with Gasteiger partial charge in [0.2, 0.25) is 0 Å². The first-order valence-corrected chi connectivity index (χ1v) is 7.55. The van der Waals surface area contributed by atoms with Gasteiger partial charge >= 0.3 is 0 Å². The molecule has 4 aliphatic rings. The van der Waals surface area contributed by atoms with Crippen LogP contribution in [0.2, 0.25) is 0 Å². The molecule has 0 nitrogen and oxygen atoms in total. The van der Waals surface area contributed by atoms with E-state index in [2.05, 4.69) is 54.7 Å². The summed E-state index contributed by atoms with van der Waals surface area (Å²) in [6, 6.07) is 0. The number of allylic oxidation sites excluding steroid dienone is 12. The lowest BCUT2D eigenvalue weighted by Crippen LogP contribution is -2.18. The summed E-state index contributed by atoms with van der Waals surface area (Å²) in [4.78, 5) is 0. The summed E-state index contributed by atoms with van der Waals surface area (Å²) in [6.45, 7) is 0. The minimum absolute atomic E-state index is 0.720. The normalized spacial score (nSPS) is 41.5. The lowest BCUT2D eigenvalue weighted by atomic mass is 9.78. The molecule has 4 rings (SSSR count). The van der Waals surface area contributed by atoms with Crippen molar-refractivity contribution in [3.05, 3.63) is 71.4 Å². The molecule has 3 unspecified atom stereocenters. The van der Waals surface area contributed by atoms with Crippen molar-refractivity contribution >= 4 is 0 Å². The molecule has 0 bridgehead atoms. The number of rotatable bonds is 0. The zero-order valence-corrected chi connectivity index (χ0v) is 11.3. The van der Waals surface area contributed by atoms with Crippen LogP contribution >= 0.6 is 0 Å². The van der Waals surface area contributed by atoms with Crippen molar-refractivity contribution in [3.8, 4) is 0 Å². The van der Waals surface area contributed by atoms with E-state index in [0.29, 0.717) is 0 Å². The summed E-state index contributed by atoms with van der Waals surface area (Å²) in [7, 11) is 0. The van der Waals surface area contributed by atoms with Crippen LogP contribution < -0.4 is 0 Å². The van der Waals surface area contributed by atoms with E-state index in [1.165, 1.54) is 19.3 Å². The van der Waals surface area contributed by atoms with Crippen LogP contribution in [0.1, 0.15) is 25.7 Å². The Morgan fingerprint density at radius 1 is 0.947 bits per heavy atom. The third-order valence-electron chi connectivity index (χ3n) is 5.05. The highest BCUT2D eigenvalue weighted by molar-refractivity contribution is 5.53. The van der Waals surface area contributed by atoms with E-state index in [4.69, 9.17) is 0 Å². The van der Waals surface area contributed by atoms with E-state index < -0.39 is 0 Å². The molecule has 0 aromatic rings. The summed E-state index contributed by atoms with van der Waals surface area (Å²) < 4.78 is 0. The fraction of sp³-hybridized carbons (Fsp3) is 0.368. The molecule has 19 heavy (non-hydrogen) atoms. The Morgan fingerprint density at radius 2 is 1.95 bits per heavy atom. The minimum Gasteiger partial charge on any atom is -0.0882 e. The molecule has 0 aromatic heterocycles. The quantitative estimate of drug-likeness (QED) is 0.535. The van der Waals surface area contributed by atoms with E-state index in [0.717, 1.165) is 24.2 Å². The average molecular weight is 248 g/mol. The molecule has 0 saturated carbocycles. The number of hydrogen-bond acceptors (Lipinski definition) is 0. The summed E-state index contributed by atoms with van der Waals surface area (Å²) in [5, 5.41) is 0. The van der Waals surface area contributed by atoms with Gasteiger partial charge in [-0.25, -0.2) is 0 Å². The van der Waals surface area contributed by atoms with E-state index in [-0.39, 0.29) is 0 Å². The smallest absolute Gasteiger partial charge is 0.00529 e. The highest BCUT2D eigenvalue weighted by Crippen LogP contribution is 2.52. The van der Waals surface area contributed by atoms with Gasteiger partial charge in [0.1, 0.15) is 0 Å². The summed E-state index contributed by atoms with van der Waals surface area (Å²) in [5.41, 5.74) is 4.86. The maximum Gasteiger partial charge on any atom is -0.00529 e. The van der Waals surface area contributed by atoms with Crippen LogP contribution in [0.3, 0.4) is 0 Å². The molecular formula is C19H20. The van der Waals surface area contributed by atoms with Crippen molar-refractivity contribution in [1.82, 2.24) is 0 Å². The molecular weight excluding hydrogens is 228 g/mol. The Balaban J connectivity index is 1.89. The molecule has 0 N–H and O–H groups in total. The molecule has 0 fully saturated rings. The van der Waals surface area contributed by atoms with Crippen LogP contribution in [0.4, 0.5) is 0 Å². The molecule has 0 heteroatoms. The van der Waals surface area contributed by atoms with Crippen LogP contribution in [0.15, 0.2) is 71.4 Å². The Morgan fingerprint density at radius 3 is 2.95 bits per heavy atom. The molecule has 0 spiro atoms. The van der Waals surface area contributed by atoms with E-state index >= 15 is 0 Å². The van der Waals surface area contributed by atoms with Gasteiger partial charge in [-0.2, -0.15) is 0 Å². The second-order valence-electron chi connectivity index (χ2n) is 6.01. The largest absolute Gasteiger partial charge is 0.0882 e. The van der Waals surface area contributed by atoms with Crippen LogP contribution in [-0.4, -0.2) is 0 Å². The van der Waals surface area contributed by atoms with E-state index in [1.807, 2.05) is 0 Å². The second-order valence-corrected chi connectivity index (χ2v) is 6.01. The summed E-state index contributed by atoms with van der Waals surface area (Å²) in [5.74, 6) is 2.23. The Hall–Kier alpha value is -1.56. The van der Waals surface area contributed by atoms with Crippen molar-refractivity contribution in [1.29, 1.82) is 0 Å². The van der Waals surface area contributed by atoms with Gasteiger partial charge in [-0.3, -0.25) is 0 Å². The maximum absolute atomic E-state index is 2.50. The van der Waals surface area contributed by atoms with Gasteiger partial charge in [0.25, 0.3) is 0 Å². The van der Waals surface area contributed by atoms with Gasteiger partial charge in [-0.15, -0.1) is 0 Å². The van der Waals surface area contributed by atoms with E-state index in [9.17, 15) is 0 Å². The van der Waals surface area contributed by atoms with Crippen LogP contribution in [0.25, 0.3) is 0 Å². The third-order valence-corrected chi connectivity index (χ3v) is 5.05. The van der Waals surface area contributed by atoms with Crippen LogP contribution in [0.5, 0.6) is 0 Å². The van der Waals surface area contributed by atoms with Crippen LogP contribution in [-0.2, 0) is 0 Å². The molecule has 0 saturated heterocycles. The number of fused-ring (bicyclic) bond motifs is 3. The first-order valence-electron chi connectivity index (χ1n) is 7.55. The highest BCUT2D eigenvalue weighted by Gasteiger charge is 2.41. The van der Waals surface area contributed by atoms with Crippen molar-refractivity contribution in [2.24, 2.45) is 17.8 Å². The zero-order chi connectivity index (χ0) is 12.7. The number of hydrogen-bond donors (Lipinski definition) is 0. The molecule has 0 aromatic carbocycles. The Bertz CT molecular complexity index is 563. The average Bonchev–Trinajstić information content (AvgIpc) is 2.58. The molecule has 0 aliphatic heterocycles.